The SMILES string of the molecule is CC(C)c1nn(CC(=O)NC23CCC(O)(CC2)C3)c(=O)c2cc3sc(Cl)cc3n12. The molecule has 2 saturated carbocycles. The van der Waals surface area contributed by atoms with Crippen molar-refractivity contribution in [2.24, 2.45) is 0 Å². The average molecular weight is 435 g/mol. The van der Waals surface area contributed by atoms with Gasteiger partial charge in [-0.25, -0.2) is 4.68 Å². The first-order valence-electron chi connectivity index (χ1n) is 9.94. The molecule has 3 aromatic rings. The Bertz CT molecular complexity index is 1200. The maximum Gasteiger partial charge on any atom is 0.291 e. The quantitative estimate of drug-likeness (QED) is 0.660. The van der Waals surface area contributed by atoms with Crippen LogP contribution in [0.4, 0.5) is 0 Å². The van der Waals surface area contributed by atoms with Gasteiger partial charge in [0.1, 0.15) is 17.9 Å². The van der Waals surface area contributed by atoms with Crippen LogP contribution in [-0.2, 0) is 11.3 Å². The van der Waals surface area contributed by atoms with Gasteiger partial charge in [-0.3, -0.25) is 14.0 Å². The van der Waals surface area contributed by atoms with Gasteiger partial charge in [0.05, 0.1) is 20.2 Å². The molecule has 154 valence electrons. The van der Waals surface area contributed by atoms with E-state index in [0.29, 0.717) is 22.1 Å². The molecule has 3 aromatic heterocycles. The van der Waals surface area contributed by atoms with Gasteiger partial charge in [0.2, 0.25) is 5.91 Å². The molecule has 1 amide bonds. The van der Waals surface area contributed by atoms with E-state index in [1.54, 1.807) is 0 Å². The van der Waals surface area contributed by atoms with Gasteiger partial charge in [0, 0.05) is 11.5 Å². The van der Waals surface area contributed by atoms with Crippen molar-refractivity contribution in [2.45, 2.75) is 69.6 Å². The van der Waals surface area contributed by atoms with Crippen LogP contribution in [0.2, 0.25) is 4.34 Å². The second-order valence-corrected chi connectivity index (χ2v) is 10.6. The summed E-state index contributed by atoms with van der Waals surface area (Å²) < 4.78 is 4.70. The molecular formula is C20H23ClN4O3S. The molecule has 29 heavy (non-hydrogen) atoms. The monoisotopic (exact) mass is 434 g/mol. The maximum absolute atomic E-state index is 13.1. The summed E-state index contributed by atoms with van der Waals surface area (Å²) in [5.41, 5.74) is 0.106. The highest BCUT2D eigenvalue weighted by atomic mass is 35.5. The number of rotatable bonds is 4. The minimum absolute atomic E-state index is 0.0555. The number of nitrogens with one attached hydrogen (secondary N) is 1. The number of nitrogens with zero attached hydrogens (tertiary/aromatic N) is 3. The van der Waals surface area contributed by atoms with Gasteiger partial charge in [-0.1, -0.05) is 25.4 Å². The molecule has 7 nitrogen and oxygen atoms in total. The van der Waals surface area contributed by atoms with Gasteiger partial charge < -0.3 is 10.4 Å². The van der Waals surface area contributed by atoms with Crippen molar-refractivity contribution in [2.75, 3.05) is 0 Å². The Morgan fingerprint density at radius 1 is 1.31 bits per heavy atom. The van der Waals surface area contributed by atoms with Gasteiger partial charge in [-0.05, 0) is 44.2 Å². The van der Waals surface area contributed by atoms with Gasteiger partial charge in [0.25, 0.3) is 5.56 Å². The number of hydrogen-bond donors (Lipinski definition) is 2. The van der Waals surface area contributed by atoms with E-state index in [1.165, 1.54) is 16.0 Å². The lowest BCUT2D eigenvalue weighted by Gasteiger charge is -2.27. The second-order valence-electron chi connectivity index (χ2n) is 8.87. The molecule has 0 spiro atoms. The van der Waals surface area contributed by atoms with Gasteiger partial charge in [0.15, 0.2) is 0 Å². The predicted octanol–water partition coefficient (Wildman–Crippen LogP) is 3.05. The molecule has 3 heterocycles. The third-order valence-corrected chi connectivity index (χ3v) is 7.59. The highest BCUT2D eigenvalue weighted by molar-refractivity contribution is 7.22. The number of amides is 1. The zero-order valence-corrected chi connectivity index (χ0v) is 17.9. The molecule has 0 saturated heterocycles. The van der Waals surface area contributed by atoms with Crippen molar-refractivity contribution < 1.29 is 9.90 Å². The number of halogens is 1. The molecule has 2 aliphatic carbocycles. The van der Waals surface area contributed by atoms with Gasteiger partial charge >= 0.3 is 0 Å². The van der Waals surface area contributed by atoms with Crippen molar-refractivity contribution in [1.82, 2.24) is 19.5 Å². The van der Waals surface area contributed by atoms with Gasteiger partial charge in [-0.2, -0.15) is 5.10 Å². The Hall–Kier alpha value is -1.90. The maximum atomic E-state index is 13.1. The van der Waals surface area contributed by atoms with E-state index in [0.717, 1.165) is 35.9 Å². The van der Waals surface area contributed by atoms with E-state index in [2.05, 4.69) is 10.4 Å². The van der Waals surface area contributed by atoms with E-state index in [9.17, 15) is 14.7 Å². The zero-order valence-electron chi connectivity index (χ0n) is 16.4. The molecule has 2 bridgehead atoms. The summed E-state index contributed by atoms with van der Waals surface area (Å²) in [5.74, 6) is 0.535. The summed E-state index contributed by atoms with van der Waals surface area (Å²) >= 11 is 7.57. The lowest BCUT2D eigenvalue weighted by molar-refractivity contribution is -0.123. The third-order valence-electron chi connectivity index (χ3n) is 6.39. The summed E-state index contributed by atoms with van der Waals surface area (Å²) in [4.78, 5) is 25.8. The lowest BCUT2D eigenvalue weighted by Crippen LogP contribution is -2.47. The van der Waals surface area contributed by atoms with Crippen molar-refractivity contribution >= 4 is 44.6 Å². The topological polar surface area (TPSA) is 88.6 Å². The number of aromatic nitrogens is 3. The Kier molecular flexibility index (Phi) is 4.14. The van der Waals surface area contributed by atoms with E-state index in [1.807, 2.05) is 30.4 Å². The Morgan fingerprint density at radius 2 is 2.03 bits per heavy atom. The van der Waals surface area contributed by atoms with Crippen molar-refractivity contribution in [3.63, 3.8) is 0 Å². The van der Waals surface area contributed by atoms with E-state index in [4.69, 9.17) is 11.6 Å². The number of hydrogen-bond acceptors (Lipinski definition) is 5. The molecule has 5 rings (SSSR count). The zero-order chi connectivity index (χ0) is 20.6. The molecule has 2 aliphatic rings. The minimum Gasteiger partial charge on any atom is -0.390 e. The molecule has 2 N–H and O–H groups in total. The number of aliphatic hydroxyl groups is 1. The van der Waals surface area contributed by atoms with Crippen LogP contribution in [-0.4, -0.2) is 36.3 Å². The molecule has 0 unspecified atom stereocenters. The first-order chi connectivity index (χ1) is 13.7. The number of thiophene rings is 1. The van der Waals surface area contributed by atoms with Crippen LogP contribution in [0.5, 0.6) is 0 Å². The van der Waals surface area contributed by atoms with Crippen LogP contribution < -0.4 is 10.9 Å². The third kappa shape index (κ3) is 3.00. The highest BCUT2D eigenvalue weighted by Gasteiger charge is 2.54. The highest BCUT2D eigenvalue weighted by Crippen LogP contribution is 2.50. The number of carbonyl (C=O) groups excluding carboxylic acids is 1. The summed E-state index contributed by atoms with van der Waals surface area (Å²) in [6.07, 6.45) is 3.60. The van der Waals surface area contributed by atoms with Crippen LogP contribution in [0.25, 0.3) is 15.7 Å². The summed E-state index contributed by atoms with van der Waals surface area (Å²) in [7, 11) is 0. The first kappa shape index (κ1) is 19.1. The predicted molar refractivity (Wildman–Crippen MR) is 113 cm³/mol. The van der Waals surface area contributed by atoms with E-state index >= 15 is 0 Å². The fraction of sp³-hybridized carbons (Fsp3) is 0.550. The Labute approximate surface area is 176 Å². The summed E-state index contributed by atoms with van der Waals surface area (Å²) in [6.45, 7) is 3.88. The fourth-order valence-corrected chi connectivity index (χ4v) is 6.17. The summed E-state index contributed by atoms with van der Waals surface area (Å²) in [5, 5.41) is 18.0. The molecule has 0 atom stereocenters. The lowest BCUT2D eigenvalue weighted by atomic mass is 9.93. The molecular weight excluding hydrogens is 412 g/mol. The smallest absolute Gasteiger partial charge is 0.291 e. The first-order valence-corrected chi connectivity index (χ1v) is 11.1. The standard InChI is InChI=1S/C20H23ClN4O3S/c1-11(2)17-23-24(9-16(26)22-19-3-5-20(28,10-19)6-4-19)18(27)13-7-14-12(25(13)17)8-15(21)29-14/h7-8,11,28H,3-6,9-10H2,1-2H3,(H,22,26). The molecule has 0 aromatic carbocycles. The number of carbonyl (C=O) groups is 1. The molecule has 9 heteroatoms. The summed E-state index contributed by atoms with van der Waals surface area (Å²) in [6, 6.07) is 3.67. The number of fused-ring (bicyclic) bond motifs is 5. The van der Waals surface area contributed by atoms with Gasteiger partial charge in [-0.15, -0.1) is 11.3 Å². The van der Waals surface area contributed by atoms with Crippen LogP contribution in [0.15, 0.2) is 16.9 Å². The van der Waals surface area contributed by atoms with Crippen LogP contribution in [0.1, 0.15) is 57.7 Å². The normalized spacial score (nSPS) is 26.2. The van der Waals surface area contributed by atoms with Crippen LogP contribution in [0.3, 0.4) is 0 Å². The molecule has 0 radical (unpaired) electrons. The van der Waals surface area contributed by atoms with E-state index in [-0.39, 0.29) is 29.5 Å². The fourth-order valence-electron chi connectivity index (χ4n) is 5.01. The van der Waals surface area contributed by atoms with E-state index < -0.39 is 5.60 Å². The largest absolute Gasteiger partial charge is 0.390 e. The van der Waals surface area contributed by atoms with Crippen LogP contribution in [0, 0.1) is 0 Å². The molecule has 0 aliphatic heterocycles. The van der Waals surface area contributed by atoms with Crippen molar-refractivity contribution in [1.29, 1.82) is 0 Å². The van der Waals surface area contributed by atoms with Crippen molar-refractivity contribution in [3.05, 3.63) is 32.6 Å². The van der Waals surface area contributed by atoms with Crippen molar-refractivity contribution in [3.8, 4) is 0 Å². The second kappa shape index (κ2) is 6.30. The molecule has 2 fully saturated rings. The van der Waals surface area contributed by atoms with Crippen LogP contribution >= 0.6 is 22.9 Å². The minimum atomic E-state index is -0.634. The Balaban J connectivity index is 1.51. The average Bonchev–Trinajstić information content (AvgIpc) is 3.34. The Morgan fingerprint density at radius 3 is 2.66 bits per heavy atom.